The van der Waals surface area contributed by atoms with E-state index in [1.807, 2.05) is 25.3 Å². The van der Waals surface area contributed by atoms with Crippen LogP contribution < -0.4 is 0 Å². The molecule has 2 aromatic rings. The molecule has 15 heavy (non-hydrogen) atoms. The third-order valence-electron chi connectivity index (χ3n) is 2.20. The number of furan rings is 1. The van der Waals surface area contributed by atoms with E-state index in [9.17, 15) is 5.11 Å². The molecule has 2 aromatic heterocycles. The Morgan fingerprint density at radius 1 is 1.47 bits per heavy atom. The highest BCUT2D eigenvalue weighted by molar-refractivity contribution is 7.10. The third kappa shape index (κ3) is 1.96. The van der Waals surface area contributed by atoms with Crippen LogP contribution in [0.3, 0.4) is 0 Å². The molecule has 0 fully saturated rings. The molecule has 0 aromatic carbocycles. The second-order valence-electron chi connectivity index (χ2n) is 3.57. The van der Waals surface area contributed by atoms with E-state index in [1.54, 1.807) is 6.92 Å². The van der Waals surface area contributed by atoms with Crippen LogP contribution in [0.2, 0.25) is 0 Å². The summed E-state index contributed by atoms with van der Waals surface area (Å²) in [4.78, 5) is 4.36. The Morgan fingerprint density at radius 2 is 2.20 bits per heavy atom. The lowest BCUT2D eigenvalue weighted by Gasteiger charge is -1.96. The van der Waals surface area contributed by atoms with E-state index in [0.717, 1.165) is 27.8 Å². The van der Waals surface area contributed by atoms with Crippen molar-refractivity contribution in [3.05, 3.63) is 28.0 Å². The monoisotopic (exact) mass is 223 g/mol. The van der Waals surface area contributed by atoms with E-state index in [-0.39, 0.29) is 0 Å². The normalized spacial score (nSPS) is 13.1. The van der Waals surface area contributed by atoms with Gasteiger partial charge in [0.25, 0.3) is 0 Å². The van der Waals surface area contributed by atoms with Gasteiger partial charge in [0.05, 0.1) is 5.69 Å². The number of aryl methyl sites for hydroxylation is 2. The van der Waals surface area contributed by atoms with Crippen molar-refractivity contribution in [2.75, 3.05) is 0 Å². The molecule has 0 saturated heterocycles. The highest BCUT2D eigenvalue weighted by Crippen LogP contribution is 2.29. The van der Waals surface area contributed by atoms with Crippen LogP contribution in [0.4, 0.5) is 0 Å². The first-order valence-electron chi connectivity index (χ1n) is 4.79. The first-order valence-corrected chi connectivity index (χ1v) is 5.67. The van der Waals surface area contributed by atoms with Crippen LogP contribution in [0.5, 0.6) is 0 Å². The van der Waals surface area contributed by atoms with Crippen LogP contribution in [-0.2, 0) is 0 Å². The van der Waals surface area contributed by atoms with Crippen molar-refractivity contribution in [2.24, 2.45) is 0 Å². The van der Waals surface area contributed by atoms with Gasteiger partial charge in [-0.15, -0.1) is 11.3 Å². The van der Waals surface area contributed by atoms with Crippen molar-refractivity contribution in [1.82, 2.24) is 4.98 Å². The molecule has 0 radical (unpaired) electrons. The predicted molar refractivity (Wildman–Crippen MR) is 59.9 cm³/mol. The molecule has 2 rings (SSSR count). The number of aliphatic hydroxyl groups excluding tert-OH is 1. The zero-order valence-electron chi connectivity index (χ0n) is 8.94. The van der Waals surface area contributed by atoms with Gasteiger partial charge < -0.3 is 9.52 Å². The Bertz CT molecular complexity index is 471. The predicted octanol–water partition coefficient (Wildman–Crippen LogP) is 3.07. The molecule has 2 heterocycles. The number of hydrogen-bond acceptors (Lipinski definition) is 4. The smallest absolute Gasteiger partial charge is 0.122 e. The van der Waals surface area contributed by atoms with E-state index in [1.165, 1.54) is 11.3 Å². The van der Waals surface area contributed by atoms with E-state index >= 15 is 0 Å². The Kier molecular flexibility index (Phi) is 2.63. The number of nitrogens with zero attached hydrogens (tertiary/aromatic N) is 1. The Balaban J connectivity index is 2.41. The third-order valence-corrected chi connectivity index (χ3v) is 3.21. The van der Waals surface area contributed by atoms with Gasteiger partial charge >= 0.3 is 0 Å². The van der Waals surface area contributed by atoms with Crippen LogP contribution in [0, 0.1) is 13.8 Å². The largest absolute Gasteiger partial charge is 0.466 e. The lowest BCUT2D eigenvalue weighted by molar-refractivity contribution is 0.199. The van der Waals surface area contributed by atoms with Crippen molar-refractivity contribution in [3.8, 4) is 11.3 Å². The molecule has 0 aliphatic heterocycles. The van der Waals surface area contributed by atoms with Crippen LogP contribution in [0.15, 0.2) is 15.9 Å². The summed E-state index contributed by atoms with van der Waals surface area (Å²) in [5.41, 5.74) is 1.89. The molecule has 0 saturated carbocycles. The average Bonchev–Trinajstić information content (AvgIpc) is 2.71. The molecule has 0 aliphatic carbocycles. The molecule has 0 amide bonds. The zero-order valence-corrected chi connectivity index (χ0v) is 9.76. The highest BCUT2D eigenvalue weighted by Gasteiger charge is 2.12. The molecule has 4 heteroatoms. The maximum absolute atomic E-state index is 9.38. The van der Waals surface area contributed by atoms with Gasteiger partial charge in [-0.2, -0.15) is 0 Å². The molecule has 0 spiro atoms. The second kappa shape index (κ2) is 3.79. The lowest BCUT2D eigenvalue weighted by Crippen LogP contribution is -1.89. The fourth-order valence-electron chi connectivity index (χ4n) is 1.49. The lowest BCUT2D eigenvalue weighted by atomic mass is 10.2. The fraction of sp³-hybridized carbons (Fsp3) is 0.364. The van der Waals surface area contributed by atoms with Gasteiger partial charge in [0.2, 0.25) is 0 Å². The quantitative estimate of drug-likeness (QED) is 0.851. The zero-order chi connectivity index (χ0) is 11.0. The molecule has 1 atom stereocenters. The molecule has 1 unspecified atom stereocenters. The van der Waals surface area contributed by atoms with Gasteiger partial charge in [-0.05, 0) is 26.8 Å². The number of hydrogen-bond donors (Lipinski definition) is 1. The summed E-state index contributed by atoms with van der Waals surface area (Å²) in [6.07, 6.45) is -0.503. The topological polar surface area (TPSA) is 46.3 Å². The Hall–Kier alpha value is -1.13. The van der Waals surface area contributed by atoms with Gasteiger partial charge in [0, 0.05) is 10.9 Å². The number of rotatable bonds is 2. The van der Waals surface area contributed by atoms with Crippen molar-refractivity contribution >= 4 is 11.3 Å². The van der Waals surface area contributed by atoms with Crippen molar-refractivity contribution in [3.63, 3.8) is 0 Å². The summed E-state index contributed by atoms with van der Waals surface area (Å²) < 4.78 is 5.44. The Morgan fingerprint density at radius 3 is 2.67 bits per heavy atom. The molecule has 0 aliphatic rings. The summed E-state index contributed by atoms with van der Waals surface area (Å²) in [6, 6.07) is 1.97. The van der Waals surface area contributed by atoms with Crippen LogP contribution in [0.25, 0.3) is 11.3 Å². The summed E-state index contributed by atoms with van der Waals surface area (Å²) in [5, 5.41) is 12.1. The number of aromatic nitrogens is 1. The average molecular weight is 223 g/mol. The minimum Gasteiger partial charge on any atom is -0.466 e. The van der Waals surface area contributed by atoms with Crippen LogP contribution in [0.1, 0.15) is 29.6 Å². The van der Waals surface area contributed by atoms with Crippen molar-refractivity contribution < 1.29 is 9.52 Å². The van der Waals surface area contributed by atoms with Crippen LogP contribution in [-0.4, -0.2) is 10.1 Å². The summed E-state index contributed by atoms with van der Waals surface area (Å²) in [6.45, 7) is 5.55. The molecular weight excluding hydrogens is 210 g/mol. The molecular formula is C11H13NO2S. The van der Waals surface area contributed by atoms with Gasteiger partial charge in [-0.3, -0.25) is 0 Å². The first-order chi connectivity index (χ1) is 7.08. The number of aliphatic hydroxyl groups is 1. The maximum Gasteiger partial charge on any atom is 0.122 e. The SMILES string of the molecule is Cc1cc(-c2csc(C(C)O)n2)c(C)o1. The fourth-order valence-corrected chi connectivity index (χ4v) is 2.25. The maximum atomic E-state index is 9.38. The molecule has 80 valence electrons. The minimum atomic E-state index is -0.503. The van der Waals surface area contributed by atoms with Gasteiger partial charge in [-0.1, -0.05) is 0 Å². The van der Waals surface area contributed by atoms with E-state index in [2.05, 4.69) is 4.98 Å². The second-order valence-corrected chi connectivity index (χ2v) is 4.46. The minimum absolute atomic E-state index is 0.503. The van der Waals surface area contributed by atoms with Crippen molar-refractivity contribution in [1.29, 1.82) is 0 Å². The molecule has 1 N–H and O–H groups in total. The van der Waals surface area contributed by atoms with E-state index in [0.29, 0.717) is 0 Å². The van der Waals surface area contributed by atoms with Gasteiger partial charge in [-0.25, -0.2) is 4.98 Å². The summed E-state index contributed by atoms with van der Waals surface area (Å²) in [5.74, 6) is 1.75. The van der Waals surface area contributed by atoms with Crippen molar-refractivity contribution in [2.45, 2.75) is 26.9 Å². The van der Waals surface area contributed by atoms with Crippen LogP contribution >= 0.6 is 11.3 Å². The Labute approximate surface area is 92.4 Å². The van der Waals surface area contributed by atoms with E-state index in [4.69, 9.17) is 4.42 Å². The standard InChI is InChI=1S/C11H13NO2S/c1-6-4-9(8(3)14-6)10-5-15-11(12-10)7(2)13/h4-5,7,13H,1-3H3. The van der Waals surface area contributed by atoms with E-state index < -0.39 is 6.10 Å². The van der Waals surface area contributed by atoms with Gasteiger partial charge in [0.15, 0.2) is 0 Å². The highest BCUT2D eigenvalue weighted by atomic mass is 32.1. The molecule has 0 bridgehead atoms. The summed E-state index contributed by atoms with van der Waals surface area (Å²) in [7, 11) is 0. The first kappa shape index (κ1) is 10.4. The number of thiazole rings is 1. The van der Waals surface area contributed by atoms with Gasteiger partial charge in [0.1, 0.15) is 22.6 Å². The summed E-state index contributed by atoms with van der Waals surface area (Å²) >= 11 is 1.47. The molecule has 3 nitrogen and oxygen atoms in total.